The second-order valence-electron chi connectivity index (χ2n) is 5.74. The van der Waals surface area contributed by atoms with Gasteiger partial charge in [-0.25, -0.2) is 14.8 Å². The first-order valence-electron chi connectivity index (χ1n) is 8.50. The summed E-state index contributed by atoms with van der Waals surface area (Å²) in [6.45, 7) is 2.79. The zero-order valence-electron chi connectivity index (χ0n) is 15.4. The van der Waals surface area contributed by atoms with Gasteiger partial charge in [0, 0.05) is 29.9 Å². The van der Waals surface area contributed by atoms with E-state index in [0.29, 0.717) is 18.0 Å². The van der Waals surface area contributed by atoms with Gasteiger partial charge in [-0.15, -0.1) is 23.5 Å². The number of esters is 1. The molecule has 7 heteroatoms. The van der Waals surface area contributed by atoms with E-state index in [2.05, 4.69) is 40.4 Å². The van der Waals surface area contributed by atoms with Crippen LogP contribution in [0.25, 0.3) is 0 Å². The summed E-state index contributed by atoms with van der Waals surface area (Å²) >= 11 is 3.67. The molecule has 1 aromatic carbocycles. The summed E-state index contributed by atoms with van der Waals surface area (Å²) in [5.74, 6) is 6.90. The lowest BCUT2D eigenvalue weighted by Crippen LogP contribution is -2.26. The maximum atomic E-state index is 11.6. The second kappa shape index (κ2) is 8.68. The summed E-state index contributed by atoms with van der Waals surface area (Å²) in [5.41, 5.74) is 2.36. The van der Waals surface area contributed by atoms with Crippen LogP contribution in [0.5, 0.6) is 5.75 Å². The van der Waals surface area contributed by atoms with Crippen molar-refractivity contribution < 1.29 is 14.3 Å². The van der Waals surface area contributed by atoms with Gasteiger partial charge in [0.05, 0.1) is 22.9 Å². The first kappa shape index (κ1) is 19.6. The number of hydrogen-bond donors (Lipinski definition) is 0. The van der Waals surface area contributed by atoms with Crippen LogP contribution in [-0.2, 0) is 8.82 Å². The molecule has 0 radical (unpaired) electrons. The summed E-state index contributed by atoms with van der Waals surface area (Å²) < 4.78 is 10.7. The monoisotopic (exact) mass is 400 g/mol. The van der Waals surface area contributed by atoms with Gasteiger partial charge in [0.2, 0.25) is 5.82 Å². The quantitative estimate of drug-likeness (QED) is 0.440. The summed E-state index contributed by atoms with van der Waals surface area (Å²) in [6, 6.07) is 6.00. The smallest absolute Gasteiger partial charge is 0.341 e. The van der Waals surface area contributed by atoms with E-state index in [0.717, 1.165) is 24.3 Å². The molecule has 0 atom stereocenters. The lowest BCUT2D eigenvalue weighted by molar-refractivity contribution is 0.0525. The predicted octanol–water partition coefficient (Wildman–Crippen LogP) is 3.71. The predicted molar refractivity (Wildman–Crippen MR) is 109 cm³/mol. The number of aromatic nitrogens is 2. The topological polar surface area (TPSA) is 61.3 Å². The number of benzene rings is 1. The van der Waals surface area contributed by atoms with Gasteiger partial charge in [0.15, 0.2) is 0 Å². The highest BCUT2D eigenvalue weighted by molar-refractivity contribution is 8.16. The molecular weight excluding hydrogens is 380 g/mol. The normalized spacial score (nSPS) is 14.3. The molecule has 1 aliphatic rings. The largest absolute Gasteiger partial charge is 0.493 e. The van der Waals surface area contributed by atoms with Gasteiger partial charge < -0.3 is 9.47 Å². The Bertz CT molecular complexity index is 884. The van der Waals surface area contributed by atoms with Gasteiger partial charge in [0.25, 0.3) is 0 Å². The Balaban J connectivity index is 1.85. The maximum absolute atomic E-state index is 11.6. The minimum Gasteiger partial charge on any atom is -0.493 e. The van der Waals surface area contributed by atoms with Crippen molar-refractivity contribution >= 4 is 29.5 Å². The highest BCUT2D eigenvalue weighted by atomic mass is 32.2. The Kier molecular flexibility index (Phi) is 6.30. The van der Waals surface area contributed by atoms with Gasteiger partial charge in [-0.05, 0) is 43.6 Å². The molecule has 2 aromatic rings. The van der Waals surface area contributed by atoms with Gasteiger partial charge in [0.1, 0.15) is 5.75 Å². The van der Waals surface area contributed by atoms with Gasteiger partial charge >= 0.3 is 5.97 Å². The number of ether oxygens (including phenoxy) is 2. The molecule has 3 rings (SSSR count). The number of carbonyl (C=O) groups is 1. The zero-order chi connectivity index (χ0) is 19.3. The standard InChI is InChI=1S/C20H20N2O3S2/c1-4-24-19(23)15-12-21-18(22-13-15)8-6-14-5-7-17-16(11-14)20(26-2,27-3)9-10-25-17/h5,7,11-13H,4,9-10H2,1-3H3. The minimum absolute atomic E-state index is 0.0109. The van der Waals surface area contributed by atoms with Crippen LogP contribution in [0, 0.1) is 11.8 Å². The molecule has 0 bridgehead atoms. The maximum Gasteiger partial charge on any atom is 0.341 e. The third-order valence-electron chi connectivity index (χ3n) is 4.22. The first-order valence-corrected chi connectivity index (χ1v) is 11.0. The van der Waals surface area contributed by atoms with Crippen LogP contribution in [0.4, 0.5) is 0 Å². The van der Waals surface area contributed by atoms with Crippen molar-refractivity contribution in [3.63, 3.8) is 0 Å². The van der Waals surface area contributed by atoms with E-state index in [-0.39, 0.29) is 4.08 Å². The second-order valence-corrected chi connectivity index (χ2v) is 8.21. The molecule has 0 N–H and O–H groups in total. The molecule has 0 spiro atoms. The van der Waals surface area contributed by atoms with E-state index in [1.54, 1.807) is 6.92 Å². The Labute approximate surface area is 167 Å². The fraction of sp³-hybridized carbons (Fsp3) is 0.350. The van der Waals surface area contributed by atoms with Crippen molar-refractivity contribution in [3.8, 4) is 17.6 Å². The van der Waals surface area contributed by atoms with Crippen LogP contribution >= 0.6 is 23.5 Å². The minimum atomic E-state index is -0.433. The molecule has 0 fully saturated rings. The Morgan fingerprint density at radius 3 is 2.67 bits per heavy atom. The number of rotatable bonds is 4. The highest BCUT2D eigenvalue weighted by Gasteiger charge is 2.36. The van der Waals surface area contributed by atoms with Gasteiger partial charge in [-0.1, -0.05) is 5.92 Å². The number of nitrogens with zero attached hydrogens (tertiary/aromatic N) is 2. The summed E-state index contributed by atoms with van der Waals surface area (Å²) in [4.78, 5) is 19.9. The van der Waals surface area contributed by atoms with E-state index in [1.165, 1.54) is 18.0 Å². The first-order chi connectivity index (χ1) is 13.1. The number of fused-ring (bicyclic) bond motifs is 1. The van der Waals surface area contributed by atoms with Crippen molar-refractivity contribution in [2.45, 2.75) is 17.4 Å². The Hall–Kier alpha value is -2.17. The number of thioether (sulfide) groups is 2. The van der Waals surface area contributed by atoms with E-state index < -0.39 is 5.97 Å². The molecule has 0 amide bonds. The van der Waals surface area contributed by atoms with Crippen LogP contribution in [0.15, 0.2) is 30.6 Å². The molecule has 140 valence electrons. The number of hydrogen-bond acceptors (Lipinski definition) is 7. The molecule has 0 saturated carbocycles. The third kappa shape index (κ3) is 4.23. The summed E-state index contributed by atoms with van der Waals surface area (Å²) in [7, 11) is 0. The van der Waals surface area contributed by atoms with E-state index in [4.69, 9.17) is 9.47 Å². The Morgan fingerprint density at radius 1 is 1.26 bits per heavy atom. The zero-order valence-corrected chi connectivity index (χ0v) is 17.1. The number of carbonyl (C=O) groups excluding carboxylic acids is 1. The van der Waals surface area contributed by atoms with Crippen LogP contribution in [0.1, 0.15) is 40.7 Å². The lowest BCUT2D eigenvalue weighted by Gasteiger charge is -2.36. The summed E-state index contributed by atoms with van der Waals surface area (Å²) in [6.07, 6.45) is 8.08. The van der Waals surface area contributed by atoms with Crippen molar-refractivity contribution in [3.05, 3.63) is 53.1 Å². The molecule has 1 aliphatic heterocycles. The molecule has 2 heterocycles. The van der Waals surface area contributed by atoms with Crippen LogP contribution in [0.2, 0.25) is 0 Å². The molecule has 0 saturated heterocycles. The van der Waals surface area contributed by atoms with Gasteiger partial charge in [-0.3, -0.25) is 0 Å². The Morgan fingerprint density at radius 2 is 2.00 bits per heavy atom. The van der Waals surface area contributed by atoms with Crippen molar-refractivity contribution in [2.75, 3.05) is 25.7 Å². The lowest BCUT2D eigenvalue weighted by atomic mass is 10.0. The average Bonchev–Trinajstić information content (AvgIpc) is 2.72. The van der Waals surface area contributed by atoms with Crippen molar-refractivity contribution in [2.24, 2.45) is 0 Å². The van der Waals surface area contributed by atoms with Crippen LogP contribution < -0.4 is 4.74 Å². The van der Waals surface area contributed by atoms with E-state index in [9.17, 15) is 4.79 Å². The molecular formula is C20H20N2O3S2. The van der Waals surface area contributed by atoms with Crippen LogP contribution in [-0.4, -0.2) is 41.7 Å². The third-order valence-corrected chi connectivity index (χ3v) is 7.39. The highest BCUT2D eigenvalue weighted by Crippen LogP contribution is 2.52. The van der Waals surface area contributed by atoms with E-state index >= 15 is 0 Å². The van der Waals surface area contributed by atoms with E-state index in [1.807, 2.05) is 35.7 Å². The SMILES string of the molecule is CCOC(=O)c1cnc(C#Cc2ccc3c(c2)C(SC)(SC)CCO3)nc1. The molecule has 1 aromatic heterocycles. The van der Waals surface area contributed by atoms with Crippen molar-refractivity contribution in [1.82, 2.24) is 9.97 Å². The van der Waals surface area contributed by atoms with Crippen molar-refractivity contribution in [1.29, 1.82) is 0 Å². The van der Waals surface area contributed by atoms with Crippen LogP contribution in [0.3, 0.4) is 0 Å². The summed E-state index contributed by atoms with van der Waals surface area (Å²) in [5, 5.41) is 0. The average molecular weight is 401 g/mol. The molecule has 0 aliphatic carbocycles. The van der Waals surface area contributed by atoms with Gasteiger partial charge in [-0.2, -0.15) is 0 Å². The molecule has 0 unspecified atom stereocenters. The fourth-order valence-electron chi connectivity index (χ4n) is 2.81. The fourth-order valence-corrected chi connectivity index (χ4v) is 4.81. The molecule has 5 nitrogen and oxygen atoms in total. The molecule has 27 heavy (non-hydrogen) atoms.